The molecule has 2 aromatic carbocycles. The van der Waals surface area contributed by atoms with E-state index in [1.54, 1.807) is 13.2 Å². The highest BCUT2D eigenvalue weighted by atomic mass is 35.5. The van der Waals surface area contributed by atoms with Crippen molar-refractivity contribution >= 4 is 17.5 Å². The van der Waals surface area contributed by atoms with Gasteiger partial charge in [0.2, 0.25) is 0 Å². The molecule has 0 bridgehead atoms. The molecule has 0 saturated heterocycles. The quantitative estimate of drug-likeness (QED) is 0.744. The number of nitrogens with zero attached hydrogens (tertiary/aromatic N) is 1. The molecule has 0 aliphatic rings. The van der Waals surface area contributed by atoms with Crippen molar-refractivity contribution in [3.8, 4) is 17.1 Å². The zero-order valence-corrected chi connectivity index (χ0v) is 14.0. The number of hydrogen-bond donors (Lipinski definition) is 1. The molecule has 3 aromatic rings. The Balaban J connectivity index is 1.70. The van der Waals surface area contributed by atoms with Gasteiger partial charge in [0.1, 0.15) is 17.3 Å². The number of rotatable bonds is 5. The highest BCUT2D eigenvalue weighted by Crippen LogP contribution is 2.24. The predicted octanol–water partition coefficient (Wildman–Crippen LogP) is 4.07. The third-order valence-electron chi connectivity index (χ3n) is 3.53. The molecule has 25 heavy (non-hydrogen) atoms. The van der Waals surface area contributed by atoms with E-state index in [0.717, 1.165) is 5.56 Å². The van der Waals surface area contributed by atoms with Crippen LogP contribution in [0.2, 0.25) is 5.02 Å². The minimum Gasteiger partial charge on any atom is -0.497 e. The van der Waals surface area contributed by atoms with Crippen LogP contribution in [-0.4, -0.2) is 18.2 Å². The number of aromatic nitrogens is 1. The lowest BCUT2D eigenvalue weighted by Crippen LogP contribution is -2.24. The highest BCUT2D eigenvalue weighted by molar-refractivity contribution is 6.33. The second kappa shape index (κ2) is 7.36. The lowest BCUT2D eigenvalue weighted by molar-refractivity contribution is 0.0946. The van der Waals surface area contributed by atoms with Crippen molar-refractivity contribution in [2.75, 3.05) is 7.11 Å². The van der Waals surface area contributed by atoms with Crippen LogP contribution in [0.3, 0.4) is 0 Å². The van der Waals surface area contributed by atoms with Gasteiger partial charge < -0.3 is 14.6 Å². The second-order valence-electron chi connectivity index (χ2n) is 5.19. The lowest BCUT2D eigenvalue weighted by Gasteiger charge is -2.05. The molecule has 1 heterocycles. The molecule has 3 rings (SSSR count). The van der Waals surface area contributed by atoms with Crippen molar-refractivity contribution in [3.05, 3.63) is 70.6 Å². The summed E-state index contributed by atoms with van der Waals surface area (Å²) < 4.78 is 24.2. The maximum Gasteiger partial charge on any atom is 0.256 e. The summed E-state index contributed by atoms with van der Waals surface area (Å²) in [5.74, 6) is -0.0683. The Hall–Kier alpha value is -2.86. The average molecular weight is 361 g/mol. The van der Waals surface area contributed by atoms with E-state index < -0.39 is 11.7 Å². The van der Waals surface area contributed by atoms with Crippen LogP contribution < -0.4 is 10.1 Å². The Labute approximate surface area is 148 Å². The summed E-state index contributed by atoms with van der Waals surface area (Å²) in [5, 5.41) is 6.53. The van der Waals surface area contributed by atoms with Crippen LogP contribution in [0.4, 0.5) is 4.39 Å². The number of carbonyl (C=O) groups is 1. The van der Waals surface area contributed by atoms with Crippen molar-refractivity contribution in [3.63, 3.8) is 0 Å². The third-order valence-corrected chi connectivity index (χ3v) is 3.85. The number of halogens is 2. The van der Waals surface area contributed by atoms with Gasteiger partial charge in [0.25, 0.3) is 5.91 Å². The van der Waals surface area contributed by atoms with Crippen LogP contribution in [0, 0.1) is 5.82 Å². The molecule has 7 heteroatoms. The van der Waals surface area contributed by atoms with Gasteiger partial charge in [-0.15, -0.1) is 0 Å². The predicted molar refractivity (Wildman–Crippen MR) is 91.1 cm³/mol. The normalized spacial score (nSPS) is 10.5. The summed E-state index contributed by atoms with van der Waals surface area (Å²) in [6, 6.07) is 13.1. The molecule has 0 radical (unpaired) electrons. The van der Waals surface area contributed by atoms with E-state index in [4.69, 9.17) is 20.9 Å². The first-order valence-corrected chi connectivity index (χ1v) is 7.78. The molecule has 0 fully saturated rings. The van der Waals surface area contributed by atoms with Crippen molar-refractivity contribution < 1.29 is 18.4 Å². The standard InChI is InChI=1S/C18H14ClFN2O3/c1-24-13-5-2-4-11(8-13)16-9-12(22-25-16)10-21-18(23)17-14(19)6-3-7-15(17)20/h2-9H,10H2,1H3,(H,21,23). The first-order valence-electron chi connectivity index (χ1n) is 7.40. The molecule has 0 spiro atoms. The summed E-state index contributed by atoms with van der Waals surface area (Å²) >= 11 is 5.87. The van der Waals surface area contributed by atoms with Crippen LogP contribution in [0.25, 0.3) is 11.3 Å². The van der Waals surface area contributed by atoms with Crippen molar-refractivity contribution in [2.45, 2.75) is 6.54 Å². The summed E-state index contributed by atoms with van der Waals surface area (Å²) in [4.78, 5) is 12.1. The van der Waals surface area contributed by atoms with Gasteiger partial charge in [-0.25, -0.2) is 4.39 Å². The Bertz CT molecular complexity index is 891. The van der Waals surface area contributed by atoms with Gasteiger partial charge in [0.15, 0.2) is 5.76 Å². The van der Waals surface area contributed by atoms with E-state index in [9.17, 15) is 9.18 Å². The third kappa shape index (κ3) is 3.80. The van der Waals surface area contributed by atoms with Crippen LogP contribution >= 0.6 is 11.6 Å². The van der Waals surface area contributed by atoms with E-state index in [1.807, 2.05) is 24.3 Å². The Morgan fingerprint density at radius 2 is 2.08 bits per heavy atom. The van der Waals surface area contributed by atoms with Crippen LogP contribution in [0.15, 0.2) is 53.1 Å². The van der Waals surface area contributed by atoms with Gasteiger partial charge in [-0.3, -0.25) is 4.79 Å². The topological polar surface area (TPSA) is 64.4 Å². The lowest BCUT2D eigenvalue weighted by atomic mass is 10.1. The number of carbonyl (C=O) groups excluding carboxylic acids is 1. The van der Waals surface area contributed by atoms with Crippen LogP contribution in [0.1, 0.15) is 16.1 Å². The largest absolute Gasteiger partial charge is 0.497 e. The number of methoxy groups -OCH3 is 1. The van der Waals surface area contributed by atoms with Gasteiger partial charge in [0.05, 0.1) is 24.2 Å². The van der Waals surface area contributed by atoms with Crippen LogP contribution in [0.5, 0.6) is 5.75 Å². The molecule has 0 aliphatic heterocycles. The van der Waals surface area contributed by atoms with Gasteiger partial charge in [-0.05, 0) is 24.3 Å². The zero-order valence-electron chi connectivity index (χ0n) is 13.3. The molecule has 0 atom stereocenters. The SMILES string of the molecule is COc1cccc(-c2cc(CNC(=O)c3c(F)cccc3Cl)no2)c1. The first kappa shape index (κ1) is 17.0. The average Bonchev–Trinajstić information content (AvgIpc) is 3.09. The van der Waals surface area contributed by atoms with Gasteiger partial charge >= 0.3 is 0 Å². The van der Waals surface area contributed by atoms with Crippen LogP contribution in [-0.2, 0) is 6.54 Å². The number of nitrogens with one attached hydrogen (secondary N) is 1. The second-order valence-corrected chi connectivity index (χ2v) is 5.60. The summed E-state index contributed by atoms with van der Waals surface area (Å²) in [5.41, 5.74) is 1.10. The van der Waals surface area contributed by atoms with Gasteiger partial charge in [-0.1, -0.05) is 35.0 Å². The van der Waals surface area contributed by atoms with E-state index in [1.165, 1.54) is 18.2 Å². The molecule has 1 aromatic heterocycles. The van der Waals surface area contributed by atoms with Crippen molar-refractivity contribution in [1.82, 2.24) is 10.5 Å². The van der Waals surface area contributed by atoms with Gasteiger partial charge in [-0.2, -0.15) is 0 Å². The Morgan fingerprint density at radius 3 is 2.84 bits per heavy atom. The Morgan fingerprint density at radius 1 is 1.28 bits per heavy atom. The summed E-state index contributed by atoms with van der Waals surface area (Å²) in [6.07, 6.45) is 0. The zero-order chi connectivity index (χ0) is 17.8. The molecular formula is C18H14ClFN2O3. The maximum absolute atomic E-state index is 13.7. The molecule has 128 valence electrons. The minimum absolute atomic E-state index is 0.0507. The maximum atomic E-state index is 13.7. The fraction of sp³-hybridized carbons (Fsp3) is 0.111. The van der Waals surface area contributed by atoms with E-state index >= 15 is 0 Å². The molecule has 5 nitrogen and oxygen atoms in total. The van der Waals surface area contributed by atoms with Gasteiger partial charge in [0, 0.05) is 11.6 Å². The minimum atomic E-state index is -0.678. The molecule has 1 N–H and O–H groups in total. The van der Waals surface area contributed by atoms with Crippen molar-refractivity contribution in [1.29, 1.82) is 0 Å². The summed E-state index contributed by atoms with van der Waals surface area (Å²) in [6.45, 7) is 0.0803. The monoisotopic (exact) mass is 360 g/mol. The van der Waals surface area contributed by atoms with Crippen molar-refractivity contribution in [2.24, 2.45) is 0 Å². The fourth-order valence-corrected chi connectivity index (χ4v) is 2.53. The number of benzene rings is 2. The molecule has 1 amide bonds. The molecule has 0 saturated carbocycles. The molecular weight excluding hydrogens is 347 g/mol. The smallest absolute Gasteiger partial charge is 0.256 e. The first-order chi connectivity index (χ1) is 12.1. The number of hydrogen-bond acceptors (Lipinski definition) is 4. The highest BCUT2D eigenvalue weighted by Gasteiger charge is 2.16. The fourth-order valence-electron chi connectivity index (χ4n) is 2.28. The molecule has 0 aliphatic carbocycles. The number of ether oxygens (including phenoxy) is 1. The van der Waals surface area contributed by atoms with E-state index in [2.05, 4.69) is 10.5 Å². The number of amides is 1. The summed E-state index contributed by atoms with van der Waals surface area (Å²) in [7, 11) is 1.58. The Kier molecular flexibility index (Phi) is 5.00. The van der Waals surface area contributed by atoms with E-state index in [0.29, 0.717) is 17.2 Å². The molecule has 0 unspecified atom stereocenters. The van der Waals surface area contributed by atoms with E-state index in [-0.39, 0.29) is 17.1 Å².